The molecule has 2 fully saturated rings. The second-order valence-electron chi connectivity index (χ2n) is 6.70. The lowest BCUT2D eigenvalue weighted by Crippen LogP contribution is -2.63. The maximum Gasteiger partial charge on any atom is 0.317 e. The predicted molar refractivity (Wildman–Crippen MR) is 111 cm³/mol. The zero-order valence-electron chi connectivity index (χ0n) is 14.3. The van der Waals surface area contributed by atoms with E-state index in [1.54, 1.807) is 0 Å². The zero-order valence-corrected chi connectivity index (χ0v) is 18.8. The van der Waals surface area contributed by atoms with Crippen molar-refractivity contribution in [3.63, 3.8) is 0 Å². The molecule has 0 aliphatic carbocycles. The summed E-state index contributed by atoms with van der Waals surface area (Å²) in [6.45, 7) is 3.00. The van der Waals surface area contributed by atoms with Crippen molar-refractivity contribution in [1.29, 1.82) is 0 Å². The van der Waals surface area contributed by atoms with E-state index in [0.29, 0.717) is 0 Å². The van der Waals surface area contributed by atoms with Crippen LogP contribution in [0.3, 0.4) is 0 Å². The van der Waals surface area contributed by atoms with Crippen LogP contribution in [0.1, 0.15) is 38.5 Å². The molecule has 0 saturated carbocycles. The Hall–Kier alpha value is 0.930. The molecule has 152 valence electrons. The van der Waals surface area contributed by atoms with Crippen molar-refractivity contribution >= 4 is 75.6 Å². The predicted octanol–water partition coefficient (Wildman–Crippen LogP) is 4.65. The van der Waals surface area contributed by atoms with Crippen molar-refractivity contribution in [2.45, 2.75) is 58.4 Å². The lowest BCUT2D eigenvalue weighted by molar-refractivity contribution is 0.123. The smallest absolute Gasteiger partial charge is 0.317 e. The molecule has 2 aliphatic heterocycles. The largest absolute Gasteiger partial charge is 0.318 e. The maximum atomic E-state index is 12.6. The number of urea groups is 1. The summed E-state index contributed by atoms with van der Waals surface area (Å²) < 4.78 is -3.34. The Labute approximate surface area is 184 Å². The van der Waals surface area contributed by atoms with Gasteiger partial charge in [-0.3, -0.25) is 9.80 Å². The Balaban J connectivity index is 2.04. The molecule has 26 heavy (non-hydrogen) atoms. The number of halogens is 6. The molecule has 11 heteroatoms. The van der Waals surface area contributed by atoms with Gasteiger partial charge in [-0.1, -0.05) is 82.4 Å². The minimum Gasteiger partial charge on any atom is -0.318 e. The Morgan fingerprint density at radius 3 is 1.23 bits per heavy atom. The van der Waals surface area contributed by atoms with E-state index in [1.165, 1.54) is 0 Å². The van der Waals surface area contributed by atoms with Gasteiger partial charge >= 0.3 is 6.03 Å². The van der Waals surface area contributed by atoms with Crippen molar-refractivity contribution in [3.05, 3.63) is 0 Å². The number of nitrogens with one attached hydrogen (secondary N) is 2. The van der Waals surface area contributed by atoms with Crippen LogP contribution in [-0.4, -0.2) is 61.9 Å². The first-order chi connectivity index (χ1) is 12.1. The Kier molecular flexibility index (Phi) is 9.02. The normalized spacial score (nSPS) is 23.3. The molecule has 0 radical (unpaired) electrons. The van der Waals surface area contributed by atoms with Crippen molar-refractivity contribution in [2.75, 3.05) is 26.2 Å². The van der Waals surface area contributed by atoms with E-state index < -0.39 is 25.9 Å². The maximum absolute atomic E-state index is 12.6. The molecule has 5 nitrogen and oxygen atoms in total. The molecule has 0 aromatic rings. The molecular weight excluding hydrogens is 465 g/mol. The summed E-state index contributed by atoms with van der Waals surface area (Å²) in [5.74, 6) is 0. The summed E-state index contributed by atoms with van der Waals surface area (Å²) >= 11 is 36.7. The van der Waals surface area contributed by atoms with Crippen LogP contribution in [0.25, 0.3) is 0 Å². The van der Waals surface area contributed by atoms with Crippen molar-refractivity contribution < 1.29 is 4.79 Å². The fourth-order valence-electron chi connectivity index (χ4n) is 3.40. The van der Waals surface area contributed by atoms with Crippen molar-refractivity contribution in [1.82, 2.24) is 20.4 Å². The first-order valence-corrected chi connectivity index (χ1v) is 11.0. The minimum absolute atomic E-state index is 0.534. The summed E-state index contributed by atoms with van der Waals surface area (Å²) in [6, 6.07) is -0.534. The third kappa shape index (κ3) is 7.07. The first kappa shape index (κ1) is 23.2. The molecule has 0 bridgehead atoms. The van der Waals surface area contributed by atoms with Crippen LogP contribution in [0.15, 0.2) is 0 Å². The number of likely N-dealkylation sites (tertiary alicyclic amines) is 2. The topological polar surface area (TPSA) is 47.6 Å². The van der Waals surface area contributed by atoms with Gasteiger partial charge in [-0.15, -0.1) is 0 Å². The highest BCUT2D eigenvalue weighted by atomic mass is 35.6. The quantitative estimate of drug-likeness (QED) is 0.566. The molecule has 2 unspecified atom stereocenters. The fourth-order valence-corrected chi connectivity index (χ4v) is 4.56. The second kappa shape index (κ2) is 10.1. The van der Waals surface area contributed by atoms with Gasteiger partial charge in [0.05, 0.1) is 0 Å². The van der Waals surface area contributed by atoms with Crippen LogP contribution in [-0.2, 0) is 0 Å². The van der Waals surface area contributed by atoms with E-state index in [-0.39, 0.29) is 0 Å². The number of hydrogen-bond donors (Lipinski definition) is 2. The van der Waals surface area contributed by atoms with E-state index >= 15 is 0 Å². The van der Waals surface area contributed by atoms with Crippen LogP contribution < -0.4 is 10.6 Å². The lowest BCUT2D eigenvalue weighted by atomic mass is 10.1. The van der Waals surface area contributed by atoms with Gasteiger partial charge in [0, 0.05) is 26.2 Å². The Morgan fingerprint density at radius 2 is 0.962 bits per heavy atom. The SMILES string of the molecule is O=C(NC(N1CCCCC1)C(Cl)(Cl)Cl)NC(N1CCCCC1)C(Cl)(Cl)Cl. The van der Waals surface area contributed by atoms with Gasteiger partial charge in [0.25, 0.3) is 0 Å². The van der Waals surface area contributed by atoms with Crippen LogP contribution >= 0.6 is 69.6 Å². The fraction of sp³-hybridized carbons (Fsp3) is 0.933. The first-order valence-electron chi connectivity index (χ1n) is 8.77. The molecule has 0 spiro atoms. The average molecular weight is 489 g/mol. The molecule has 0 aromatic carbocycles. The van der Waals surface area contributed by atoms with E-state index in [0.717, 1.165) is 64.7 Å². The summed E-state index contributed by atoms with van der Waals surface area (Å²) in [6.07, 6.45) is 4.70. The van der Waals surface area contributed by atoms with Gasteiger partial charge in [-0.25, -0.2) is 4.79 Å². The number of alkyl halides is 6. The Morgan fingerprint density at radius 1 is 0.654 bits per heavy atom. The third-order valence-corrected chi connectivity index (χ3v) is 5.91. The van der Waals surface area contributed by atoms with Crippen LogP contribution in [0.2, 0.25) is 0 Å². The molecule has 0 aromatic heterocycles. The average Bonchev–Trinajstić information content (AvgIpc) is 2.57. The summed E-state index contributed by atoms with van der Waals surface area (Å²) in [5.41, 5.74) is 0. The highest BCUT2D eigenvalue weighted by molar-refractivity contribution is 6.68. The monoisotopic (exact) mass is 486 g/mol. The van der Waals surface area contributed by atoms with Crippen molar-refractivity contribution in [2.24, 2.45) is 0 Å². The molecule has 2 saturated heterocycles. The number of carbonyl (C=O) groups is 1. The van der Waals surface area contributed by atoms with Gasteiger partial charge < -0.3 is 10.6 Å². The van der Waals surface area contributed by atoms with E-state index in [9.17, 15) is 4.79 Å². The van der Waals surface area contributed by atoms with Gasteiger partial charge in [0.15, 0.2) is 0 Å². The molecule has 2 amide bonds. The molecule has 2 N–H and O–H groups in total. The number of hydrogen-bond acceptors (Lipinski definition) is 3. The van der Waals surface area contributed by atoms with E-state index in [4.69, 9.17) is 69.6 Å². The van der Waals surface area contributed by atoms with Gasteiger partial charge in [-0.05, 0) is 25.7 Å². The van der Waals surface area contributed by atoms with Crippen LogP contribution in [0, 0.1) is 0 Å². The lowest BCUT2D eigenvalue weighted by Gasteiger charge is -2.41. The molecule has 2 heterocycles. The number of carbonyl (C=O) groups excluding carboxylic acids is 1. The number of piperidine rings is 2. The summed E-state index contributed by atoms with van der Waals surface area (Å²) in [4.78, 5) is 16.5. The molecule has 2 aliphatic rings. The van der Waals surface area contributed by atoms with Gasteiger partial charge in [-0.2, -0.15) is 0 Å². The molecular formula is C15H24Cl6N4O. The molecule has 2 rings (SSSR count). The van der Waals surface area contributed by atoms with Crippen LogP contribution in [0.4, 0.5) is 4.79 Å². The van der Waals surface area contributed by atoms with E-state index in [2.05, 4.69) is 10.6 Å². The summed E-state index contributed by atoms with van der Waals surface area (Å²) in [7, 11) is 0. The van der Waals surface area contributed by atoms with Crippen molar-refractivity contribution in [3.8, 4) is 0 Å². The van der Waals surface area contributed by atoms with E-state index in [1.807, 2.05) is 9.80 Å². The Bertz CT molecular complexity index is 418. The van der Waals surface area contributed by atoms with Crippen LogP contribution in [0.5, 0.6) is 0 Å². The number of rotatable bonds is 4. The number of nitrogens with zero attached hydrogens (tertiary/aromatic N) is 2. The third-order valence-electron chi connectivity index (χ3n) is 4.67. The van der Waals surface area contributed by atoms with Gasteiger partial charge in [0.2, 0.25) is 7.59 Å². The second-order valence-corrected chi connectivity index (χ2v) is 11.4. The zero-order chi connectivity index (χ0) is 19.4. The highest BCUT2D eigenvalue weighted by Crippen LogP contribution is 2.35. The standard InChI is InChI=1S/C15H24Cl6N4O/c16-14(17,18)11(24-7-3-1-4-8-24)22-13(26)23-12(15(19,20)21)25-9-5-2-6-10-25/h11-12H,1-10H2,(H2,22,23,26). The number of amides is 2. The molecule has 2 atom stereocenters. The highest BCUT2D eigenvalue weighted by Gasteiger charge is 2.42. The minimum atomic E-state index is -1.67. The van der Waals surface area contributed by atoms with Gasteiger partial charge in [0.1, 0.15) is 12.3 Å². The summed E-state index contributed by atoms with van der Waals surface area (Å²) in [5, 5.41) is 5.49.